The summed E-state index contributed by atoms with van der Waals surface area (Å²) in [5, 5.41) is 22.5. The molecule has 2 aromatic rings. The van der Waals surface area contributed by atoms with Crippen LogP contribution in [0.3, 0.4) is 0 Å². The maximum absolute atomic E-state index is 12.7. The van der Waals surface area contributed by atoms with Crippen molar-refractivity contribution in [3.8, 4) is 18.1 Å². The fourth-order valence-electron chi connectivity index (χ4n) is 3.59. The number of aliphatic hydroxyl groups is 1. The van der Waals surface area contributed by atoms with E-state index in [9.17, 15) is 14.7 Å². The zero-order valence-electron chi connectivity index (χ0n) is 17.2. The monoisotopic (exact) mass is 422 g/mol. The van der Waals surface area contributed by atoms with Gasteiger partial charge < -0.3 is 20.3 Å². The van der Waals surface area contributed by atoms with Crippen LogP contribution in [-0.2, 0) is 6.54 Å². The zero-order valence-corrected chi connectivity index (χ0v) is 17.2. The third-order valence-electron chi connectivity index (χ3n) is 5.26. The Bertz CT molecular complexity index is 934. The molecule has 1 aliphatic rings. The molecule has 2 aromatic carbocycles. The lowest BCUT2D eigenvalue weighted by atomic mass is 10.1. The molecule has 3 N–H and O–H groups in total. The van der Waals surface area contributed by atoms with Crippen LogP contribution in [0.1, 0.15) is 39.1 Å². The normalized spacial score (nSPS) is 19.1. The number of carbonyl (C=O) groups excluding carboxylic acids is 1. The molecule has 1 fully saturated rings. The summed E-state index contributed by atoms with van der Waals surface area (Å²) < 4.78 is 5.32. The minimum atomic E-state index is -0.956. The second-order valence-corrected chi connectivity index (χ2v) is 7.54. The van der Waals surface area contributed by atoms with Crippen molar-refractivity contribution in [3.63, 3.8) is 0 Å². The third-order valence-corrected chi connectivity index (χ3v) is 5.26. The maximum Gasteiger partial charge on any atom is 0.335 e. The minimum Gasteiger partial charge on any atom is -0.481 e. The van der Waals surface area contributed by atoms with Gasteiger partial charge >= 0.3 is 5.97 Å². The second-order valence-electron chi connectivity index (χ2n) is 7.54. The molecule has 1 heterocycles. The van der Waals surface area contributed by atoms with Crippen molar-refractivity contribution >= 4 is 11.9 Å². The quantitative estimate of drug-likeness (QED) is 0.592. The van der Waals surface area contributed by atoms with Crippen LogP contribution >= 0.6 is 0 Å². The Morgan fingerprint density at radius 2 is 1.81 bits per heavy atom. The van der Waals surface area contributed by atoms with Gasteiger partial charge in [-0.15, -0.1) is 6.42 Å². The van der Waals surface area contributed by atoms with Crippen molar-refractivity contribution in [2.24, 2.45) is 0 Å². The highest BCUT2D eigenvalue weighted by atomic mass is 16.5. The molecule has 0 unspecified atom stereocenters. The standard InChI is InChI=1S/C24H26N2O5/c1-2-14-31-20-11-9-18(10-12-20)23(28)25-21-16-26(13-3-4-22(21)27)15-17-5-7-19(8-6-17)24(29)30/h1,5-12,21-22,27H,3-4,13-16H2,(H,25,28)(H,29,30)/t21-,22+/m0/s1. The van der Waals surface area contributed by atoms with Crippen molar-refractivity contribution in [3.05, 3.63) is 65.2 Å². The molecular formula is C24H26N2O5. The Balaban J connectivity index is 1.62. The number of nitrogens with zero attached hydrogens (tertiary/aromatic N) is 1. The van der Waals surface area contributed by atoms with Crippen molar-refractivity contribution in [2.75, 3.05) is 19.7 Å². The smallest absolute Gasteiger partial charge is 0.335 e. The average Bonchev–Trinajstić information content (AvgIpc) is 2.94. The van der Waals surface area contributed by atoms with Crippen LogP contribution in [0.15, 0.2) is 48.5 Å². The molecule has 0 saturated carbocycles. The maximum atomic E-state index is 12.7. The van der Waals surface area contributed by atoms with Gasteiger partial charge in [-0.25, -0.2) is 4.79 Å². The van der Waals surface area contributed by atoms with Gasteiger partial charge in [-0.1, -0.05) is 18.1 Å². The van der Waals surface area contributed by atoms with E-state index < -0.39 is 18.1 Å². The molecule has 162 valence electrons. The average molecular weight is 422 g/mol. The summed E-state index contributed by atoms with van der Waals surface area (Å²) in [6.07, 6.45) is 5.94. The Kier molecular flexibility index (Phi) is 7.65. The minimum absolute atomic E-state index is 0.161. The second kappa shape index (κ2) is 10.6. The fraction of sp³-hybridized carbons (Fsp3) is 0.333. The van der Waals surface area contributed by atoms with Crippen molar-refractivity contribution in [2.45, 2.75) is 31.5 Å². The molecule has 31 heavy (non-hydrogen) atoms. The number of aliphatic hydroxyl groups excluding tert-OH is 1. The van der Waals surface area contributed by atoms with Crippen molar-refractivity contribution in [1.29, 1.82) is 0 Å². The number of aromatic carboxylic acids is 1. The van der Waals surface area contributed by atoms with Crippen LogP contribution in [0.25, 0.3) is 0 Å². The Morgan fingerprint density at radius 1 is 1.13 bits per heavy atom. The Hall–Kier alpha value is -3.34. The van der Waals surface area contributed by atoms with E-state index in [0.717, 1.165) is 18.5 Å². The lowest BCUT2D eigenvalue weighted by Gasteiger charge is -2.27. The van der Waals surface area contributed by atoms with E-state index in [4.69, 9.17) is 16.3 Å². The lowest BCUT2D eigenvalue weighted by molar-refractivity contribution is 0.0696. The number of rotatable bonds is 7. The number of terminal acetylenes is 1. The van der Waals surface area contributed by atoms with E-state index in [-0.39, 0.29) is 18.1 Å². The van der Waals surface area contributed by atoms with Crippen LogP contribution in [0.5, 0.6) is 5.75 Å². The summed E-state index contributed by atoms with van der Waals surface area (Å²) in [5.74, 6) is 1.76. The molecule has 0 spiro atoms. The molecule has 1 aliphatic heterocycles. The number of hydrogen-bond donors (Lipinski definition) is 3. The van der Waals surface area contributed by atoms with Gasteiger partial charge in [0.25, 0.3) is 5.91 Å². The van der Waals surface area contributed by atoms with Crippen LogP contribution in [0.4, 0.5) is 0 Å². The van der Waals surface area contributed by atoms with E-state index in [1.165, 1.54) is 0 Å². The highest BCUT2D eigenvalue weighted by Crippen LogP contribution is 2.17. The summed E-state index contributed by atoms with van der Waals surface area (Å²) in [5.41, 5.74) is 1.70. The van der Waals surface area contributed by atoms with Crippen LogP contribution in [0, 0.1) is 12.3 Å². The number of ether oxygens (including phenoxy) is 1. The number of benzene rings is 2. The van der Waals surface area contributed by atoms with E-state index in [0.29, 0.717) is 30.8 Å². The summed E-state index contributed by atoms with van der Waals surface area (Å²) in [6.45, 7) is 2.05. The highest BCUT2D eigenvalue weighted by Gasteiger charge is 2.27. The molecule has 7 heteroatoms. The van der Waals surface area contributed by atoms with E-state index in [2.05, 4.69) is 16.1 Å². The molecule has 0 bridgehead atoms. The zero-order chi connectivity index (χ0) is 22.2. The van der Waals surface area contributed by atoms with Crippen LogP contribution in [-0.4, -0.2) is 58.8 Å². The van der Waals surface area contributed by atoms with Gasteiger partial charge in [0, 0.05) is 18.7 Å². The first-order valence-corrected chi connectivity index (χ1v) is 10.2. The summed E-state index contributed by atoms with van der Waals surface area (Å²) in [6, 6.07) is 13.0. The Labute approximate surface area is 181 Å². The predicted molar refractivity (Wildman–Crippen MR) is 116 cm³/mol. The van der Waals surface area contributed by atoms with Gasteiger partial charge in [-0.2, -0.15) is 0 Å². The number of carbonyl (C=O) groups is 2. The number of carboxylic acids is 1. The molecule has 3 rings (SSSR count). The largest absolute Gasteiger partial charge is 0.481 e. The molecule has 0 aromatic heterocycles. The van der Waals surface area contributed by atoms with Gasteiger partial charge in [0.1, 0.15) is 12.4 Å². The molecule has 0 radical (unpaired) electrons. The van der Waals surface area contributed by atoms with E-state index in [1.807, 2.05) is 0 Å². The van der Waals surface area contributed by atoms with Crippen LogP contribution in [0.2, 0.25) is 0 Å². The van der Waals surface area contributed by atoms with E-state index in [1.54, 1.807) is 48.5 Å². The number of hydrogen-bond acceptors (Lipinski definition) is 5. The van der Waals surface area contributed by atoms with Gasteiger partial charge in [-0.3, -0.25) is 9.69 Å². The number of amides is 1. The summed E-state index contributed by atoms with van der Waals surface area (Å²) in [4.78, 5) is 25.9. The van der Waals surface area contributed by atoms with Gasteiger partial charge in [-0.05, 0) is 61.3 Å². The first kappa shape index (κ1) is 22.3. The number of nitrogens with one attached hydrogen (secondary N) is 1. The first-order valence-electron chi connectivity index (χ1n) is 10.2. The summed E-state index contributed by atoms with van der Waals surface area (Å²) >= 11 is 0. The summed E-state index contributed by atoms with van der Waals surface area (Å²) in [7, 11) is 0. The fourth-order valence-corrected chi connectivity index (χ4v) is 3.59. The molecule has 0 aliphatic carbocycles. The molecular weight excluding hydrogens is 396 g/mol. The lowest BCUT2D eigenvalue weighted by Crippen LogP contribution is -2.48. The number of likely N-dealkylation sites (tertiary alicyclic amines) is 1. The number of carboxylic acid groups (broad SMARTS) is 1. The highest BCUT2D eigenvalue weighted by molar-refractivity contribution is 5.94. The molecule has 1 amide bonds. The third kappa shape index (κ3) is 6.32. The van der Waals surface area contributed by atoms with Gasteiger partial charge in [0.05, 0.1) is 17.7 Å². The van der Waals surface area contributed by atoms with Gasteiger partial charge in [0.2, 0.25) is 0 Å². The molecule has 7 nitrogen and oxygen atoms in total. The van der Waals surface area contributed by atoms with Crippen LogP contribution < -0.4 is 10.1 Å². The predicted octanol–water partition coefficient (Wildman–Crippen LogP) is 2.15. The van der Waals surface area contributed by atoms with Gasteiger partial charge in [0.15, 0.2) is 0 Å². The van der Waals surface area contributed by atoms with E-state index >= 15 is 0 Å². The molecule has 2 atom stereocenters. The SMILES string of the molecule is C#CCOc1ccc(C(=O)N[C@H]2CN(Cc3ccc(C(=O)O)cc3)CCC[C@H]2O)cc1. The van der Waals surface area contributed by atoms with Crippen molar-refractivity contribution < 1.29 is 24.5 Å². The Morgan fingerprint density at radius 3 is 2.45 bits per heavy atom. The molecule has 1 saturated heterocycles. The van der Waals surface area contributed by atoms with Crippen molar-refractivity contribution in [1.82, 2.24) is 10.2 Å². The first-order chi connectivity index (χ1) is 15.0. The topological polar surface area (TPSA) is 99.1 Å².